The van der Waals surface area contributed by atoms with Crippen LogP contribution < -0.4 is 16.4 Å². The van der Waals surface area contributed by atoms with E-state index in [9.17, 15) is 9.59 Å². The standard InChI is InChI=1S/C20H26N4O2/c1-3-24(4-2)14-16-5-9-17(10-6-16)19(25)22-13-15-7-11-18(12-8-15)23-20(21)26/h5-12H,3-4,13-14H2,1-2H3,(H,22,25)(H3,21,23,26). The molecule has 0 aliphatic carbocycles. The average molecular weight is 354 g/mol. The van der Waals surface area contributed by atoms with Crippen LogP contribution in [0, 0.1) is 0 Å². The fourth-order valence-electron chi connectivity index (χ4n) is 2.60. The summed E-state index contributed by atoms with van der Waals surface area (Å²) in [5, 5.41) is 5.39. The molecule has 2 aromatic rings. The maximum Gasteiger partial charge on any atom is 0.316 e. The SMILES string of the molecule is CCN(CC)Cc1ccc(C(=O)NCc2ccc(NC(N)=O)cc2)cc1. The van der Waals surface area contributed by atoms with Crippen LogP contribution in [0.25, 0.3) is 0 Å². The van der Waals surface area contributed by atoms with E-state index < -0.39 is 6.03 Å². The number of anilines is 1. The molecule has 6 heteroatoms. The van der Waals surface area contributed by atoms with Crippen molar-refractivity contribution in [2.24, 2.45) is 5.73 Å². The lowest BCUT2D eigenvalue weighted by Crippen LogP contribution is -2.23. The third kappa shape index (κ3) is 5.89. The molecule has 0 saturated carbocycles. The molecule has 2 aromatic carbocycles. The van der Waals surface area contributed by atoms with Crippen molar-refractivity contribution in [2.45, 2.75) is 26.9 Å². The summed E-state index contributed by atoms with van der Waals surface area (Å²) in [5.74, 6) is -0.112. The lowest BCUT2D eigenvalue weighted by molar-refractivity contribution is 0.0951. The van der Waals surface area contributed by atoms with Crippen molar-refractivity contribution in [1.82, 2.24) is 10.2 Å². The molecule has 0 radical (unpaired) electrons. The zero-order chi connectivity index (χ0) is 18.9. The zero-order valence-electron chi connectivity index (χ0n) is 15.3. The van der Waals surface area contributed by atoms with E-state index in [1.54, 1.807) is 12.1 Å². The van der Waals surface area contributed by atoms with Crippen molar-refractivity contribution in [2.75, 3.05) is 18.4 Å². The highest BCUT2D eigenvalue weighted by Crippen LogP contribution is 2.10. The number of nitrogens with two attached hydrogens (primary N) is 1. The van der Waals surface area contributed by atoms with Crippen molar-refractivity contribution >= 4 is 17.6 Å². The minimum Gasteiger partial charge on any atom is -0.351 e. The number of rotatable bonds is 8. The van der Waals surface area contributed by atoms with Gasteiger partial charge in [-0.15, -0.1) is 0 Å². The molecule has 0 bridgehead atoms. The molecule has 4 N–H and O–H groups in total. The molecule has 0 aliphatic heterocycles. The van der Waals surface area contributed by atoms with E-state index in [2.05, 4.69) is 29.4 Å². The molecule has 0 fully saturated rings. The Hall–Kier alpha value is -2.86. The Balaban J connectivity index is 1.88. The Bertz CT molecular complexity index is 722. The van der Waals surface area contributed by atoms with Gasteiger partial charge in [-0.1, -0.05) is 38.1 Å². The fourth-order valence-corrected chi connectivity index (χ4v) is 2.60. The second kappa shape index (κ2) is 9.58. The van der Waals surface area contributed by atoms with E-state index in [0.29, 0.717) is 17.8 Å². The second-order valence-corrected chi connectivity index (χ2v) is 6.03. The topological polar surface area (TPSA) is 87.5 Å². The molecule has 0 saturated heterocycles. The first-order valence-corrected chi connectivity index (χ1v) is 8.76. The van der Waals surface area contributed by atoms with Crippen LogP contribution in [-0.4, -0.2) is 29.9 Å². The van der Waals surface area contributed by atoms with Gasteiger partial charge >= 0.3 is 6.03 Å². The predicted molar refractivity (Wildman–Crippen MR) is 104 cm³/mol. The summed E-state index contributed by atoms with van der Waals surface area (Å²) in [5.41, 5.74) is 8.46. The normalized spacial score (nSPS) is 10.6. The first-order valence-electron chi connectivity index (χ1n) is 8.76. The van der Waals surface area contributed by atoms with E-state index in [1.807, 2.05) is 36.4 Å². The molecule has 0 unspecified atom stereocenters. The molecule has 6 nitrogen and oxygen atoms in total. The van der Waals surface area contributed by atoms with Gasteiger partial charge in [0, 0.05) is 24.3 Å². The molecule has 0 aromatic heterocycles. The van der Waals surface area contributed by atoms with Gasteiger partial charge in [-0.3, -0.25) is 9.69 Å². The number of hydrogen-bond acceptors (Lipinski definition) is 3. The Labute approximate surface area is 154 Å². The number of urea groups is 1. The highest BCUT2D eigenvalue weighted by molar-refractivity contribution is 5.94. The summed E-state index contributed by atoms with van der Waals surface area (Å²) in [6.45, 7) is 7.60. The Kier molecular flexibility index (Phi) is 7.17. The zero-order valence-corrected chi connectivity index (χ0v) is 15.3. The number of primary amides is 1. The summed E-state index contributed by atoms with van der Waals surface area (Å²) in [6, 6.07) is 14.3. The van der Waals surface area contributed by atoms with Gasteiger partial charge in [0.25, 0.3) is 5.91 Å². The number of carbonyl (C=O) groups excluding carboxylic acids is 2. The fraction of sp³-hybridized carbons (Fsp3) is 0.300. The van der Waals surface area contributed by atoms with Crippen LogP contribution >= 0.6 is 0 Å². The van der Waals surface area contributed by atoms with Crippen LogP contribution in [0.3, 0.4) is 0 Å². The van der Waals surface area contributed by atoms with Crippen molar-refractivity contribution < 1.29 is 9.59 Å². The maximum atomic E-state index is 12.3. The van der Waals surface area contributed by atoms with E-state index in [1.165, 1.54) is 5.56 Å². The number of nitrogens with one attached hydrogen (secondary N) is 2. The molecule has 0 atom stereocenters. The van der Waals surface area contributed by atoms with E-state index in [4.69, 9.17) is 5.73 Å². The Morgan fingerprint density at radius 1 is 0.923 bits per heavy atom. The highest BCUT2D eigenvalue weighted by Gasteiger charge is 2.07. The third-order valence-corrected chi connectivity index (χ3v) is 4.19. The van der Waals surface area contributed by atoms with Crippen LogP contribution in [0.4, 0.5) is 10.5 Å². The van der Waals surface area contributed by atoms with Gasteiger partial charge in [-0.25, -0.2) is 4.79 Å². The highest BCUT2D eigenvalue weighted by atomic mass is 16.2. The van der Waals surface area contributed by atoms with E-state index >= 15 is 0 Å². The van der Waals surface area contributed by atoms with Gasteiger partial charge in [-0.05, 0) is 48.5 Å². The molecule has 3 amide bonds. The van der Waals surface area contributed by atoms with Gasteiger partial charge in [0.05, 0.1) is 0 Å². The minimum atomic E-state index is -0.601. The molecule has 0 aliphatic rings. The summed E-state index contributed by atoms with van der Waals surface area (Å²) < 4.78 is 0. The molecule has 0 heterocycles. The van der Waals surface area contributed by atoms with Crippen LogP contribution in [0.15, 0.2) is 48.5 Å². The first kappa shape index (κ1) is 19.5. The quantitative estimate of drug-likeness (QED) is 0.681. The molecule has 138 valence electrons. The van der Waals surface area contributed by atoms with Crippen LogP contribution in [0.5, 0.6) is 0 Å². The summed E-state index contributed by atoms with van der Waals surface area (Å²) >= 11 is 0. The summed E-state index contributed by atoms with van der Waals surface area (Å²) in [4.78, 5) is 25.4. The second-order valence-electron chi connectivity index (χ2n) is 6.03. The van der Waals surface area contributed by atoms with Gasteiger partial charge in [-0.2, -0.15) is 0 Å². The van der Waals surface area contributed by atoms with Crippen LogP contribution in [0.1, 0.15) is 35.3 Å². The third-order valence-electron chi connectivity index (χ3n) is 4.19. The van der Waals surface area contributed by atoms with Gasteiger partial charge in [0.2, 0.25) is 0 Å². The Morgan fingerprint density at radius 3 is 2.04 bits per heavy atom. The lowest BCUT2D eigenvalue weighted by atomic mass is 10.1. The number of nitrogens with zero attached hydrogens (tertiary/aromatic N) is 1. The smallest absolute Gasteiger partial charge is 0.316 e. The van der Waals surface area contributed by atoms with Crippen molar-refractivity contribution in [3.05, 3.63) is 65.2 Å². The average Bonchev–Trinajstić information content (AvgIpc) is 2.65. The number of benzene rings is 2. The van der Waals surface area contributed by atoms with Crippen LogP contribution in [0.2, 0.25) is 0 Å². The van der Waals surface area contributed by atoms with E-state index in [-0.39, 0.29) is 5.91 Å². The van der Waals surface area contributed by atoms with Gasteiger partial charge in [0.1, 0.15) is 0 Å². The molecule has 0 spiro atoms. The largest absolute Gasteiger partial charge is 0.351 e. The van der Waals surface area contributed by atoms with Crippen molar-refractivity contribution in [3.8, 4) is 0 Å². The predicted octanol–water partition coefficient (Wildman–Crippen LogP) is 2.95. The molecule has 2 rings (SSSR count). The molecular weight excluding hydrogens is 328 g/mol. The minimum absolute atomic E-state index is 0.112. The van der Waals surface area contributed by atoms with Gasteiger partial charge in [0.15, 0.2) is 0 Å². The van der Waals surface area contributed by atoms with Crippen molar-refractivity contribution in [1.29, 1.82) is 0 Å². The monoisotopic (exact) mass is 354 g/mol. The van der Waals surface area contributed by atoms with Gasteiger partial charge < -0.3 is 16.4 Å². The summed E-state index contributed by atoms with van der Waals surface area (Å²) in [6.07, 6.45) is 0. The maximum absolute atomic E-state index is 12.3. The number of carbonyl (C=O) groups is 2. The molecule has 26 heavy (non-hydrogen) atoms. The first-order chi connectivity index (χ1) is 12.5. The summed E-state index contributed by atoms with van der Waals surface area (Å²) in [7, 11) is 0. The van der Waals surface area contributed by atoms with Crippen LogP contribution in [-0.2, 0) is 13.1 Å². The lowest BCUT2D eigenvalue weighted by Gasteiger charge is -2.18. The Morgan fingerprint density at radius 2 is 1.50 bits per heavy atom. The van der Waals surface area contributed by atoms with E-state index in [0.717, 1.165) is 25.2 Å². The number of amides is 3. The van der Waals surface area contributed by atoms with Crippen molar-refractivity contribution in [3.63, 3.8) is 0 Å². The number of hydrogen-bond donors (Lipinski definition) is 3. The molecular formula is C20H26N4O2.